The molecule has 4 rings (SSSR count). The number of carboxylic acid groups (broad SMARTS) is 1. The molecule has 0 aliphatic heterocycles. The average molecular weight is 703 g/mol. The number of nitro groups is 1. The number of amides is 2. The third-order valence-electron chi connectivity index (χ3n) is 8.02. The van der Waals surface area contributed by atoms with Crippen molar-refractivity contribution in [3.63, 3.8) is 0 Å². The van der Waals surface area contributed by atoms with E-state index in [9.17, 15) is 38.4 Å². The zero-order chi connectivity index (χ0) is 37.1. The second-order valence-corrected chi connectivity index (χ2v) is 11.8. The number of halogens is 2. The summed E-state index contributed by atoms with van der Waals surface area (Å²) in [6.07, 6.45) is 0.0964. The molecule has 268 valence electrons. The zero-order valence-electron chi connectivity index (χ0n) is 28.6. The molecule has 4 aromatic carbocycles. The van der Waals surface area contributed by atoms with E-state index in [2.05, 4.69) is 10.6 Å². The summed E-state index contributed by atoms with van der Waals surface area (Å²) in [4.78, 5) is 53.0. The molecule has 0 atom stereocenters. The van der Waals surface area contributed by atoms with Crippen LogP contribution in [0.3, 0.4) is 0 Å². The minimum absolute atomic E-state index is 0.0407. The van der Waals surface area contributed by atoms with Crippen LogP contribution < -0.4 is 15.4 Å². The van der Waals surface area contributed by atoms with E-state index in [1.165, 1.54) is 18.2 Å². The van der Waals surface area contributed by atoms with Crippen molar-refractivity contribution in [2.24, 2.45) is 0 Å². The Morgan fingerprint density at radius 1 is 0.843 bits per heavy atom. The summed E-state index contributed by atoms with van der Waals surface area (Å²) in [6, 6.07) is 17.6. The molecule has 4 aromatic rings. The van der Waals surface area contributed by atoms with Gasteiger partial charge in [-0.1, -0.05) is 63.6 Å². The van der Waals surface area contributed by atoms with Gasteiger partial charge in [-0.15, -0.1) is 0 Å². The molecule has 3 N–H and O–H groups in total. The number of carbonyl (C=O) groups excluding carboxylic acids is 2. The van der Waals surface area contributed by atoms with Crippen LogP contribution >= 0.6 is 0 Å². The van der Waals surface area contributed by atoms with E-state index in [-0.39, 0.29) is 52.4 Å². The lowest BCUT2D eigenvalue weighted by atomic mass is 9.90. The van der Waals surface area contributed by atoms with Gasteiger partial charge < -0.3 is 25.4 Å². The van der Waals surface area contributed by atoms with Crippen LogP contribution in [0.2, 0.25) is 0 Å². The number of nitrogens with zero attached hydrogens (tertiary/aromatic N) is 2. The first-order chi connectivity index (χ1) is 24.5. The summed E-state index contributed by atoms with van der Waals surface area (Å²) in [5.41, 5.74) is -0.352. The maximum absolute atomic E-state index is 14.7. The summed E-state index contributed by atoms with van der Waals surface area (Å²) in [5, 5.41) is 28.5. The smallest absolute Gasteiger partial charge is 0.449 e. The number of hydrogen-bond donors (Lipinski definition) is 3. The van der Waals surface area contributed by atoms with E-state index < -0.39 is 45.6 Å². The fourth-order valence-corrected chi connectivity index (χ4v) is 5.96. The van der Waals surface area contributed by atoms with Crippen LogP contribution in [0.5, 0.6) is 5.75 Å². The molecule has 0 heterocycles. The van der Waals surface area contributed by atoms with Crippen LogP contribution in [0.15, 0.2) is 72.8 Å². The predicted molar refractivity (Wildman–Crippen MR) is 189 cm³/mol. The third kappa shape index (κ3) is 9.51. The first-order valence-corrected chi connectivity index (χ1v) is 16.7. The Hall–Kier alpha value is -5.69. The van der Waals surface area contributed by atoms with Crippen molar-refractivity contribution < 1.29 is 37.9 Å². The second kappa shape index (κ2) is 17.8. The Balaban J connectivity index is 1.98. The molecule has 2 amide bonds. The Morgan fingerprint density at radius 3 is 2.08 bits per heavy atom. The maximum Gasteiger partial charge on any atom is 0.511 e. The fourth-order valence-electron chi connectivity index (χ4n) is 5.96. The Kier molecular flexibility index (Phi) is 13.3. The highest BCUT2D eigenvalue weighted by atomic mass is 19.1. The lowest BCUT2D eigenvalue weighted by molar-refractivity contribution is -0.384. The molecular formula is C38H40F2N4O7. The normalized spacial score (nSPS) is 10.8. The van der Waals surface area contributed by atoms with Crippen molar-refractivity contribution >= 4 is 29.3 Å². The second-order valence-electron chi connectivity index (χ2n) is 11.8. The molecule has 13 heteroatoms. The van der Waals surface area contributed by atoms with E-state index in [4.69, 9.17) is 4.74 Å². The van der Waals surface area contributed by atoms with Crippen molar-refractivity contribution in [3.05, 3.63) is 122 Å². The van der Waals surface area contributed by atoms with Crippen LogP contribution in [-0.2, 0) is 19.5 Å². The molecule has 0 spiro atoms. The largest absolute Gasteiger partial charge is 0.511 e. The van der Waals surface area contributed by atoms with E-state index >= 15 is 0 Å². The van der Waals surface area contributed by atoms with Gasteiger partial charge in [-0.25, -0.2) is 13.6 Å². The van der Waals surface area contributed by atoms with E-state index in [1.807, 2.05) is 44.2 Å². The molecule has 0 saturated heterocycles. The van der Waals surface area contributed by atoms with Crippen molar-refractivity contribution in [1.82, 2.24) is 10.2 Å². The van der Waals surface area contributed by atoms with Crippen molar-refractivity contribution in [3.8, 4) is 16.9 Å². The molecular weight excluding hydrogens is 662 g/mol. The highest BCUT2D eigenvalue weighted by Crippen LogP contribution is 2.49. The van der Waals surface area contributed by atoms with Gasteiger partial charge in [0.15, 0.2) is 0 Å². The molecule has 0 saturated carbocycles. The standard InChI is InChI=1S/C38H40F2N4O7/c1-4-11-30-31(23-41-22-24-12-8-7-9-13-24)33(42-36(45)25-14-10-15-26(18-25)37(46)43(16-5-2)17-6-3)32(27-19-28(39)21-29(40)20-27)34(44(49)50)35(30)51-38(47)48/h7-10,12-15,18-21,41H,4-6,11,16-17,22-23H2,1-3H3,(H,42,45)(H,47,48). The molecule has 11 nitrogen and oxygen atoms in total. The van der Waals surface area contributed by atoms with Gasteiger partial charge in [-0.3, -0.25) is 19.7 Å². The number of ether oxygens (including phenoxy) is 1. The van der Waals surface area contributed by atoms with Gasteiger partial charge in [0.25, 0.3) is 11.8 Å². The summed E-state index contributed by atoms with van der Waals surface area (Å²) in [7, 11) is 0. The highest BCUT2D eigenvalue weighted by molar-refractivity contribution is 6.10. The van der Waals surface area contributed by atoms with Crippen LogP contribution in [-0.4, -0.2) is 46.0 Å². The number of hydrogen-bond acceptors (Lipinski definition) is 7. The lowest BCUT2D eigenvalue weighted by Crippen LogP contribution is -2.32. The molecule has 0 bridgehead atoms. The van der Waals surface area contributed by atoms with Crippen molar-refractivity contribution in [2.75, 3.05) is 18.4 Å². The van der Waals surface area contributed by atoms with Gasteiger partial charge in [0.05, 0.1) is 16.2 Å². The Morgan fingerprint density at radius 2 is 1.49 bits per heavy atom. The van der Waals surface area contributed by atoms with Crippen molar-refractivity contribution in [2.45, 2.75) is 59.5 Å². The van der Waals surface area contributed by atoms with E-state index in [1.54, 1.807) is 17.9 Å². The van der Waals surface area contributed by atoms with Gasteiger partial charge in [-0.2, -0.15) is 0 Å². The Labute approximate surface area is 294 Å². The SMILES string of the molecule is CCCc1c(CNCc2ccccc2)c(NC(=O)c2cccc(C(=O)N(CCC)CCC)c2)c(-c2cc(F)cc(F)c2)c([N+](=O)[O-])c1OC(=O)O. The number of benzene rings is 4. The predicted octanol–water partition coefficient (Wildman–Crippen LogP) is 8.35. The van der Waals surface area contributed by atoms with E-state index in [0.717, 1.165) is 30.5 Å². The molecule has 0 fully saturated rings. The minimum atomic E-state index is -1.84. The van der Waals surface area contributed by atoms with Crippen LogP contribution in [0.25, 0.3) is 11.1 Å². The minimum Gasteiger partial charge on any atom is -0.449 e. The maximum atomic E-state index is 14.7. The van der Waals surface area contributed by atoms with Gasteiger partial charge in [0.2, 0.25) is 5.75 Å². The van der Waals surface area contributed by atoms with Gasteiger partial charge in [0.1, 0.15) is 11.6 Å². The monoisotopic (exact) mass is 702 g/mol. The van der Waals surface area contributed by atoms with Crippen LogP contribution in [0.4, 0.5) is 25.0 Å². The fraction of sp³-hybridized carbons (Fsp3) is 0.289. The highest BCUT2D eigenvalue weighted by Gasteiger charge is 2.35. The van der Waals surface area contributed by atoms with Gasteiger partial charge >= 0.3 is 11.8 Å². The van der Waals surface area contributed by atoms with Crippen LogP contribution in [0.1, 0.15) is 77.4 Å². The first kappa shape index (κ1) is 38.1. The zero-order valence-corrected chi connectivity index (χ0v) is 28.6. The molecule has 0 radical (unpaired) electrons. The summed E-state index contributed by atoms with van der Waals surface area (Å²) >= 11 is 0. The van der Waals surface area contributed by atoms with Gasteiger partial charge in [-0.05, 0) is 66.3 Å². The number of carbonyl (C=O) groups is 3. The van der Waals surface area contributed by atoms with E-state index in [0.29, 0.717) is 32.1 Å². The number of anilines is 1. The number of nitrogens with one attached hydrogen (secondary N) is 2. The molecule has 0 aliphatic rings. The first-order valence-electron chi connectivity index (χ1n) is 16.7. The quantitative estimate of drug-likeness (QED) is 0.0456. The summed E-state index contributed by atoms with van der Waals surface area (Å²) < 4.78 is 34.5. The average Bonchev–Trinajstić information content (AvgIpc) is 3.09. The molecule has 0 aliphatic carbocycles. The molecule has 0 aromatic heterocycles. The number of rotatable bonds is 16. The van der Waals surface area contributed by atoms with Gasteiger partial charge in [0, 0.05) is 48.9 Å². The van der Waals surface area contributed by atoms with Crippen molar-refractivity contribution in [1.29, 1.82) is 0 Å². The number of nitro benzene ring substituents is 1. The Bertz CT molecular complexity index is 1880. The topological polar surface area (TPSA) is 151 Å². The lowest BCUT2D eigenvalue weighted by Gasteiger charge is -2.23. The third-order valence-corrected chi connectivity index (χ3v) is 8.02. The summed E-state index contributed by atoms with van der Waals surface area (Å²) in [5.74, 6) is -3.79. The molecule has 51 heavy (non-hydrogen) atoms. The van der Waals surface area contributed by atoms with Crippen LogP contribution in [0, 0.1) is 21.7 Å². The summed E-state index contributed by atoms with van der Waals surface area (Å²) in [6.45, 7) is 6.95. The molecule has 0 unspecified atom stereocenters.